The van der Waals surface area contributed by atoms with Gasteiger partial charge in [-0.05, 0) is 84.3 Å². The molecule has 1 amide bonds. The Hall–Kier alpha value is -3.22. The monoisotopic (exact) mass is 584 g/mol. The second-order valence-electron chi connectivity index (χ2n) is 9.83. The second kappa shape index (κ2) is 11.3. The summed E-state index contributed by atoms with van der Waals surface area (Å²) >= 11 is 6.04. The molecule has 1 aromatic heterocycles. The van der Waals surface area contributed by atoms with Crippen LogP contribution in [-0.2, 0) is 23.0 Å². The summed E-state index contributed by atoms with van der Waals surface area (Å²) in [5, 5.41) is 22.2. The van der Waals surface area contributed by atoms with E-state index < -0.39 is 23.0 Å². The van der Waals surface area contributed by atoms with Crippen LogP contribution < -0.4 is 15.5 Å². The molecule has 0 spiro atoms. The number of nitrogens with one attached hydrogen (secondary N) is 2. The third-order valence-electron chi connectivity index (χ3n) is 7.01. The molecule has 0 atom stereocenters. The zero-order valence-corrected chi connectivity index (χ0v) is 23.2. The van der Waals surface area contributed by atoms with Crippen LogP contribution in [0.4, 0.5) is 4.39 Å². The number of fused-ring (bicyclic) bond motifs is 1. The molecule has 0 unspecified atom stereocenters. The van der Waals surface area contributed by atoms with Gasteiger partial charge in [0.05, 0.1) is 11.3 Å². The minimum Gasteiger partial charge on any atom is -0.455 e. The first-order chi connectivity index (χ1) is 19.1. The predicted molar refractivity (Wildman–Crippen MR) is 153 cm³/mol. The summed E-state index contributed by atoms with van der Waals surface area (Å²) in [6.45, 7) is -0.145. The fourth-order valence-electron chi connectivity index (χ4n) is 4.75. The Morgan fingerprint density at radius 3 is 2.48 bits per heavy atom. The molecule has 0 radical (unpaired) electrons. The summed E-state index contributed by atoms with van der Waals surface area (Å²) < 4.78 is 48.3. The van der Waals surface area contributed by atoms with Crippen LogP contribution in [0.5, 0.6) is 0 Å². The molecule has 3 aromatic carbocycles. The van der Waals surface area contributed by atoms with E-state index in [1.54, 1.807) is 31.3 Å². The van der Waals surface area contributed by atoms with Crippen LogP contribution in [0.1, 0.15) is 45.8 Å². The predicted octanol–water partition coefficient (Wildman–Crippen LogP) is 3.47. The second-order valence-corrected chi connectivity index (χ2v) is 12.2. The largest absolute Gasteiger partial charge is 0.491 e. The van der Waals surface area contributed by atoms with Gasteiger partial charge in [-0.2, -0.15) is 0 Å². The fraction of sp³-hybridized carbons (Fsp3) is 0.250. The molecule has 208 valence electrons. The number of sulfonamides is 1. The third-order valence-corrected chi connectivity index (χ3v) is 8.58. The van der Waals surface area contributed by atoms with Crippen LogP contribution in [0.25, 0.3) is 22.3 Å². The Bertz CT molecular complexity index is 1690. The molecule has 0 saturated heterocycles. The zero-order valence-electron chi connectivity index (χ0n) is 21.6. The Balaban J connectivity index is 1.41. The van der Waals surface area contributed by atoms with Gasteiger partial charge in [-0.3, -0.25) is 4.79 Å². The van der Waals surface area contributed by atoms with Crippen LogP contribution in [0, 0.1) is 5.82 Å². The van der Waals surface area contributed by atoms with E-state index in [2.05, 4.69) is 10.0 Å². The Morgan fingerprint density at radius 1 is 1.12 bits per heavy atom. The molecule has 1 aliphatic carbocycles. The lowest BCUT2D eigenvalue weighted by Gasteiger charge is -2.11. The molecule has 8 nitrogen and oxygen atoms in total. The van der Waals surface area contributed by atoms with Gasteiger partial charge in [-0.15, -0.1) is 0 Å². The highest BCUT2D eigenvalue weighted by atomic mass is 35.5. The zero-order chi connectivity index (χ0) is 28.6. The first kappa shape index (κ1) is 28.3. The molecule has 1 saturated carbocycles. The molecule has 1 fully saturated rings. The average Bonchev–Trinajstić information content (AvgIpc) is 3.70. The van der Waals surface area contributed by atoms with E-state index in [-0.39, 0.29) is 36.0 Å². The van der Waals surface area contributed by atoms with Crippen molar-refractivity contribution in [1.82, 2.24) is 10.0 Å². The van der Waals surface area contributed by atoms with Crippen molar-refractivity contribution in [2.24, 2.45) is 0 Å². The van der Waals surface area contributed by atoms with Gasteiger partial charge in [0, 0.05) is 35.0 Å². The summed E-state index contributed by atoms with van der Waals surface area (Å²) in [6, 6.07) is 14.4. The van der Waals surface area contributed by atoms with Crippen molar-refractivity contribution in [3.8, 4) is 11.3 Å². The topological polar surface area (TPSA) is 129 Å². The van der Waals surface area contributed by atoms with Crippen molar-refractivity contribution >= 4 is 51.1 Å². The number of hydrogen-bond acceptors (Lipinski definition) is 6. The molecular formula is C28H27BClFN2O6S. The highest BCUT2D eigenvalue weighted by Crippen LogP contribution is 2.45. The van der Waals surface area contributed by atoms with Gasteiger partial charge >= 0.3 is 7.12 Å². The van der Waals surface area contributed by atoms with E-state index in [1.807, 2.05) is 12.1 Å². The van der Waals surface area contributed by atoms with Crippen molar-refractivity contribution in [2.45, 2.75) is 31.7 Å². The molecule has 4 aromatic rings. The van der Waals surface area contributed by atoms with Gasteiger partial charge in [-0.25, -0.2) is 17.5 Å². The minimum atomic E-state index is -3.74. The maximum absolute atomic E-state index is 14.0. The first-order valence-corrected chi connectivity index (χ1v) is 14.8. The number of benzene rings is 3. The number of rotatable bonds is 10. The van der Waals surface area contributed by atoms with Crippen molar-refractivity contribution in [3.05, 3.63) is 87.7 Å². The number of carbonyl (C=O) groups excluding carboxylic acids is 1. The normalized spacial score (nSPS) is 13.5. The van der Waals surface area contributed by atoms with E-state index in [4.69, 9.17) is 26.1 Å². The number of carbonyl (C=O) groups is 1. The molecule has 1 heterocycles. The molecule has 0 bridgehead atoms. The summed E-state index contributed by atoms with van der Waals surface area (Å²) in [4.78, 5) is 12.9. The van der Waals surface area contributed by atoms with Gasteiger partial charge in [0.2, 0.25) is 10.0 Å². The lowest BCUT2D eigenvalue weighted by Crippen LogP contribution is -2.33. The van der Waals surface area contributed by atoms with Crippen molar-refractivity contribution < 1.29 is 32.1 Å². The number of halogens is 2. The summed E-state index contributed by atoms with van der Waals surface area (Å²) in [5.74, 6) is -0.637. The van der Waals surface area contributed by atoms with Crippen molar-refractivity contribution in [2.75, 3.05) is 12.8 Å². The molecule has 0 aliphatic heterocycles. The number of amides is 1. The number of hydrogen-bond donors (Lipinski definition) is 4. The van der Waals surface area contributed by atoms with Crippen LogP contribution in [0.15, 0.2) is 59.0 Å². The highest BCUT2D eigenvalue weighted by Gasteiger charge is 2.30. The quantitative estimate of drug-likeness (QED) is 0.211. The Morgan fingerprint density at radius 2 is 1.85 bits per heavy atom. The Kier molecular flexibility index (Phi) is 8.03. The molecule has 12 heteroatoms. The van der Waals surface area contributed by atoms with E-state index in [1.165, 1.54) is 12.1 Å². The smallest absolute Gasteiger partial charge is 0.455 e. The number of aryl methyl sites for hydroxylation is 1. The minimum absolute atomic E-state index is 0.145. The van der Waals surface area contributed by atoms with Gasteiger partial charge in [0.15, 0.2) is 0 Å². The maximum Gasteiger partial charge on any atom is 0.491 e. The van der Waals surface area contributed by atoms with E-state index in [0.29, 0.717) is 38.4 Å². The fourth-order valence-corrected chi connectivity index (χ4v) is 5.89. The molecule has 1 aliphatic rings. The van der Waals surface area contributed by atoms with Crippen LogP contribution in [0.3, 0.4) is 0 Å². The number of furan rings is 1. The van der Waals surface area contributed by atoms with Gasteiger partial charge in [0.25, 0.3) is 5.91 Å². The molecular weight excluding hydrogens is 558 g/mol. The van der Waals surface area contributed by atoms with E-state index in [0.717, 1.165) is 30.0 Å². The van der Waals surface area contributed by atoms with Crippen LogP contribution in [-0.4, -0.2) is 44.3 Å². The SMILES string of the molecule is CNC(=O)c1c(-c2ccc(Cl)cc2)oc2cc(CCS(=O)(=O)NCc3ccc(B(O)O)c(F)c3)c(C3CC3)cc12. The summed E-state index contributed by atoms with van der Waals surface area (Å²) in [7, 11) is -4.13. The molecule has 5 rings (SSSR count). The lowest BCUT2D eigenvalue weighted by molar-refractivity contribution is 0.0964. The summed E-state index contributed by atoms with van der Waals surface area (Å²) in [6.07, 6.45) is 2.17. The van der Waals surface area contributed by atoms with E-state index in [9.17, 15) is 17.6 Å². The van der Waals surface area contributed by atoms with E-state index >= 15 is 0 Å². The average molecular weight is 585 g/mol. The van der Waals surface area contributed by atoms with Gasteiger partial charge in [-0.1, -0.05) is 23.7 Å². The standard InChI is InChI=1S/C28H27BClFN2O6S/c1-32-28(34)26-22-14-21(17-3-4-17)19(13-25(22)39-27(26)18-5-7-20(30)8-6-18)10-11-40(37,38)33-15-16-2-9-23(29(35)36)24(31)12-16/h2,5-9,12-14,17,33,35-36H,3-4,10-11,15H2,1H3,(H,32,34). The Labute approximate surface area is 236 Å². The lowest BCUT2D eigenvalue weighted by atomic mass is 9.79. The molecule has 4 N–H and O–H groups in total. The highest BCUT2D eigenvalue weighted by molar-refractivity contribution is 7.89. The first-order valence-electron chi connectivity index (χ1n) is 12.8. The van der Waals surface area contributed by atoms with Gasteiger partial charge in [0.1, 0.15) is 17.2 Å². The van der Waals surface area contributed by atoms with Gasteiger partial charge < -0.3 is 19.8 Å². The summed E-state index contributed by atoms with van der Waals surface area (Å²) in [5.41, 5.74) is 3.47. The van der Waals surface area contributed by atoms with Crippen molar-refractivity contribution in [1.29, 1.82) is 0 Å². The van der Waals surface area contributed by atoms with Crippen LogP contribution >= 0.6 is 11.6 Å². The third kappa shape index (κ3) is 6.08. The molecule has 40 heavy (non-hydrogen) atoms. The van der Waals surface area contributed by atoms with Crippen molar-refractivity contribution in [3.63, 3.8) is 0 Å². The maximum atomic E-state index is 14.0. The van der Waals surface area contributed by atoms with Crippen LogP contribution in [0.2, 0.25) is 5.02 Å².